The quantitative estimate of drug-likeness (QED) is 0.574. The molecule has 2 nitrogen and oxygen atoms in total. The molecule has 1 aromatic heterocycles. The molecule has 0 aliphatic heterocycles. The van der Waals surface area contributed by atoms with Crippen molar-refractivity contribution in [2.75, 3.05) is 5.73 Å². The van der Waals surface area contributed by atoms with Crippen LogP contribution in [-0.2, 0) is 0 Å². The van der Waals surface area contributed by atoms with E-state index in [1.807, 2.05) is 18.2 Å². The maximum absolute atomic E-state index is 7.29. The first-order valence-electron chi connectivity index (χ1n) is 3.88. The highest BCUT2D eigenvalue weighted by atomic mass is 14.6. The molecule has 0 radical (unpaired) electrons. The van der Waals surface area contributed by atoms with Crippen LogP contribution >= 0.6 is 0 Å². The van der Waals surface area contributed by atoms with E-state index in [2.05, 4.69) is 4.98 Å². The first-order valence-corrected chi connectivity index (χ1v) is 3.38. The summed E-state index contributed by atoms with van der Waals surface area (Å²) in [5.41, 5.74) is 7.13. The highest BCUT2D eigenvalue weighted by Gasteiger charge is 1.91. The van der Waals surface area contributed by atoms with E-state index in [1.54, 1.807) is 12.1 Å². The molecule has 0 aliphatic carbocycles. The Morgan fingerprint density at radius 1 is 1.36 bits per heavy atom. The highest BCUT2D eigenvalue weighted by Crippen LogP contribution is 2.13. The molecule has 0 fully saturated rings. The molecule has 2 N–H and O–H groups in total. The van der Waals surface area contributed by atoms with Crippen LogP contribution in [0.25, 0.3) is 10.9 Å². The molecule has 2 rings (SSSR count). The third-order valence-corrected chi connectivity index (χ3v) is 1.57. The number of hydrogen-bond donors (Lipinski definition) is 1. The predicted octanol–water partition coefficient (Wildman–Crippen LogP) is 1.82. The normalized spacial score (nSPS) is 11.5. The minimum atomic E-state index is 0.285. The smallest absolute Gasteiger partial charge is 0.0840 e. The van der Waals surface area contributed by atoms with E-state index in [-0.39, 0.29) is 6.17 Å². The number of aromatic nitrogens is 1. The molecule has 0 saturated carbocycles. The van der Waals surface area contributed by atoms with Gasteiger partial charge in [-0.1, -0.05) is 6.07 Å². The van der Waals surface area contributed by atoms with Crippen molar-refractivity contribution in [3.8, 4) is 0 Å². The maximum atomic E-state index is 7.29. The number of pyridine rings is 1. The molecule has 0 saturated heterocycles. The lowest BCUT2D eigenvalue weighted by atomic mass is 10.2. The number of benzene rings is 1. The van der Waals surface area contributed by atoms with E-state index >= 15 is 0 Å². The lowest BCUT2D eigenvalue weighted by molar-refractivity contribution is 1.41. The molecule has 0 spiro atoms. The number of anilines is 1. The summed E-state index contributed by atoms with van der Waals surface area (Å²) in [6, 6.07) is 8.96. The van der Waals surface area contributed by atoms with Crippen LogP contribution in [0.2, 0.25) is 0 Å². The summed E-state index contributed by atoms with van der Waals surface area (Å²) in [6.07, 6.45) is 0.285. The van der Waals surface area contributed by atoms with Gasteiger partial charge >= 0.3 is 0 Å². The monoisotopic (exact) mass is 145 g/mol. The summed E-state index contributed by atoms with van der Waals surface area (Å²) in [7, 11) is 0. The SMILES string of the molecule is [2H]c1ccc2cc(N)ccc2n1. The molecule has 2 aromatic rings. The third-order valence-electron chi connectivity index (χ3n) is 1.57. The lowest BCUT2D eigenvalue weighted by Gasteiger charge is -1.96. The van der Waals surface area contributed by atoms with Crippen molar-refractivity contribution in [3.63, 3.8) is 0 Å². The minimum absolute atomic E-state index is 0.285. The van der Waals surface area contributed by atoms with Crippen molar-refractivity contribution in [1.29, 1.82) is 0 Å². The largest absolute Gasteiger partial charge is 0.399 e. The summed E-state index contributed by atoms with van der Waals surface area (Å²) in [5, 5.41) is 0.978. The number of fused-ring (bicyclic) bond motifs is 1. The van der Waals surface area contributed by atoms with Crippen LogP contribution in [0, 0.1) is 0 Å². The number of nitrogens with two attached hydrogens (primary N) is 1. The average molecular weight is 145 g/mol. The molecule has 1 heterocycles. The van der Waals surface area contributed by atoms with Gasteiger partial charge in [0.15, 0.2) is 0 Å². The zero-order valence-electron chi connectivity index (χ0n) is 6.91. The molecule has 0 aliphatic rings. The van der Waals surface area contributed by atoms with Gasteiger partial charge in [0.05, 0.1) is 6.89 Å². The summed E-state index contributed by atoms with van der Waals surface area (Å²) >= 11 is 0. The van der Waals surface area contributed by atoms with Crippen molar-refractivity contribution < 1.29 is 1.37 Å². The Labute approximate surface area is 66.1 Å². The second kappa shape index (κ2) is 2.23. The van der Waals surface area contributed by atoms with Crippen molar-refractivity contribution in [2.24, 2.45) is 0 Å². The standard InChI is InChI=1S/C9H8N2/c10-8-3-4-9-7(6-8)2-1-5-11-9/h1-6H,10H2/i5D. The van der Waals surface area contributed by atoms with E-state index in [9.17, 15) is 0 Å². The molecule has 0 unspecified atom stereocenters. The summed E-state index contributed by atoms with van der Waals surface area (Å²) in [5.74, 6) is 0. The molecule has 0 atom stereocenters. The van der Waals surface area contributed by atoms with Crippen LogP contribution in [0.1, 0.15) is 1.37 Å². The van der Waals surface area contributed by atoms with Crippen LogP contribution in [-0.4, -0.2) is 4.98 Å². The fraction of sp³-hybridized carbons (Fsp3) is 0. The van der Waals surface area contributed by atoms with Gasteiger partial charge in [-0.15, -0.1) is 0 Å². The topological polar surface area (TPSA) is 38.9 Å². The van der Waals surface area contributed by atoms with Crippen molar-refractivity contribution >= 4 is 16.6 Å². The van der Waals surface area contributed by atoms with Gasteiger partial charge in [0.1, 0.15) is 0 Å². The van der Waals surface area contributed by atoms with Gasteiger partial charge in [0.2, 0.25) is 0 Å². The minimum Gasteiger partial charge on any atom is -0.399 e. The summed E-state index contributed by atoms with van der Waals surface area (Å²) in [6.45, 7) is 0. The second-order valence-electron chi connectivity index (χ2n) is 2.39. The number of rotatable bonds is 0. The Morgan fingerprint density at radius 2 is 2.27 bits per heavy atom. The Morgan fingerprint density at radius 3 is 3.18 bits per heavy atom. The van der Waals surface area contributed by atoms with E-state index in [0.717, 1.165) is 16.6 Å². The van der Waals surface area contributed by atoms with Crippen LogP contribution in [0.3, 0.4) is 0 Å². The molecule has 0 bridgehead atoms. The molecule has 11 heavy (non-hydrogen) atoms. The van der Waals surface area contributed by atoms with Gasteiger partial charge in [-0.2, -0.15) is 0 Å². The second-order valence-corrected chi connectivity index (χ2v) is 2.39. The Kier molecular flexibility index (Phi) is 1.04. The highest BCUT2D eigenvalue weighted by molar-refractivity contribution is 5.81. The van der Waals surface area contributed by atoms with Crippen LogP contribution < -0.4 is 5.73 Å². The van der Waals surface area contributed by atoms with Gasteiger partial charge in [0, 0.05) is 17.2 Å². The fourth-order valence-electron chi connectivity index (χ4n) is 1.04. The van der Waals surface area contributed by atoms with Crippen molar-refractivity contribution in [2.45, 2.75) is 0 Å². The van der Waals surface area contributed by atoms with Crippen molar-refractivity contribution in [1.82, 2.24) is 4.98 Å². The summed E-state index contributed by atoms with van der Waals surface area (Å²) in [4.78, 5) is 4.03. The summed E-state index contributed by atoms with van der Waals surface area (Å²) < 4.78 is 7.29. The third kappa shape index (κ3) is 1.03. The number of nitrogen functional groups attached to an aromatic ring is 1. The first kappa shape index (κ1) is 5.13. The lowest BCUT2D eigenvalue weighted by Crippen LogP contribution is -1.84. The Balaban J connectivity index is 2.79. The maximum Gasteiger partial charge on any atom is 0.0840 e. The van der Waals surface area contributed by atoms with Crippen LogP contribution in [0.15, 0.2) is 36.5 Å². The number of nitrogens with zero attached hydrogens (tertiary/aromatic N) is 1. The molecule has 1 aromatic carbocycles. The predicted molar refractivity (Wildman–Crippen MR) is 46.2 cm³/mol. The average Bonchev–Trinajstić information content (AvgIpc) is 2.05. The molecule has 0 amide bonds. The van der Waals surface area contributed by atoms with Gasteiger partial charge in [-0.05, 0) is 24.3 Å². The first-order chi connectivity index (χ1) is 5.75. The Bertz CT molecular complexity index is 385. The fourth-order valence-corrected chi connectivity index (χ4v) is 1.04. The van der Waals surface area contributed by atoms with E-state index in [1.165, 1.54) is 0 Å². The van der Waals surface area contributed by atoms with Crippen LogP contribution in [0.5, 0.6) is 0 Å². The van der Waals surface area contributed by atoms with Gasteiger partial charge in [0.25, 0.3) is 0 Å². The zero-order chi connectivity index (χ0) is 8.55. The van der Waals surface area contributed by atoms with E-state index in [0.29, 0.717) is 0 Å². The van der Waals surface area contributed by atoms with E-state index in [4.69, 9.17) is 7.10 Å². The zero-order valence-corrected chi connectivity index (χ0v) is 5.91. The number of hydrogen-bond acceptors (Lipinski definition) is 2. The van der Waals surface area contributed by atoms with Gasteiger partial charge in [-0.25, -0.2) is 0 Å². The van der Waals surface area contributed by atoms with Crippen LogP contribution in [0.4, 0.5) is 5.69 Å². The molecule has 54 valence electrons. The Hall–Kier alpha value is -1.57. The molecule has 2 heteroatoms. The van der Waals surface area contributed by atoms with Gasteiger partial charge in [-0.3, -0.25) is 4.98 Å². The molecular formula is C9H8N2. The van der Waals surface area contributed by atoms with Gasteiger partial charge < -0.3 is 5.73 Å². The van der Waals surface area contributed by atoms with Crippen molar-refractivity contribution in [3.05, 3.63) is 36.5 Å². The van der Waals surface area contributed by atoms with E-state index < -0.39 is 0 Å². The molecular weight excluding hydrogens is 136 g/mol.